The molecule has 1 aromatic carbocycles. The summed E-state index contributed by atoms with van der Waals surface area (Å²) in [6, 6.07) is 5.20. The number of thiocarbonyl (C=S) groups is 1. The first-order chi connectivity index (χ1) is 9.82. The zero-order valence-corrected chi connectivity index (χ0v) is 13.1. The second-order valence-corrected chi connectivity index (χ2v) is 5.48. The monoisotopic (exact) mass is 318 g/mol. The Hall–Kier alpha value is -1.30. The van der Waals surface area contributed by atoms with Crippen molar-refractivity contribution in [1.82, 2.24) is 5.32 Å². The van der Waals surface area contributed by atoms with Crippen LogP contribution in [-0.2, 0) is 6.18 Å². The fourth-order valence-electron chi connectivity index (χ4n) is 1.94. The van der Waals surface area contributed by atoms with Crippen LogP contribution in [0.5, 0.6) is 0 Å². The minimum atomic E-state index is -4.35. The minimum Gasteiger partial charge on any atom is -0.360 e. The third-order valence-corrected chi connectivity index (χ3v) is 3.29. The van der Waals surface area contributed by atoms with Crippen LogP contribution >= 0.6 is 12.2 Å². The van der Waals surface area contributed by atoms with Crippen molar-refractivity contribution in [3.8, 4) is 0 Å². The molecule has 21 heavy (non-hydrogen) atoms. The lowest BCUT2D eigenvalue weighted by Gasteiger charge is -2.17. The van der Waals surface area contributed by atoms with Crippen LogP contribution in [0.4, 0.5) is 18.9 Å². The molecule has 1 aromatic rings. The first-order valence-electron chi connectivity index (χ1n) is 7.07. The van der Waals surface area contributed by atoms with E-state index in [9.17, 15) is 13.2 Å². The van der Waals surface area contributed by atoms with Gasteiger partial charge in [0.1, 0.15) is 0 Å². The van der Waals surface area contributed by atoms with E-state index in [1.807, 2.05) is 6.92 Å². The van der Waals surface area contributed by atoms with E-state index < -0.39 is 11.7 Å². The van der Waals surface area contributed by atoms with Gasteiger partial charge in [-0.15, -0.1) is 0 Å². The lowest BCUT2D eigenvalue weighted by molar-refractivity contribution is -0.137. The molecule has 2 nitrogen and oxygen atoms in total. The molecular formula is C15H21F3N2S. The summed E-state index contributed by atoms with van der Waals surface area (Å²) >= 11 is 5.12. The molecular weight excluding hydrogens is 297 g/mol. The summed E-state index contributed by atoms with van der Waals surface area (Å²) < 4.78 is 37.8. The van der Waals surface area contributed by atoms with Gasteiger partial charge in [-0.3, -0.25) is 0 Å². The normalized spacial score (nSPS) is 12.8. The SMILES string of the molecule is CCCCCC(C)NC(=S)Nc1cccc(C(F)(F)F)c1. The van der Waals surface area contributed by atoms with E-state index in [2.05, 4.69) is 17.6 Å². The van der Waals surface area contributed by atoms with Crippen LogP contribution in [0.2, 0.25) is 0 Å². The van der Waals surface area contributed by atoms with Crippen LogP contribution in [0.15, 0.2) is 24.3 Å². The number of hydrogen-bond donors (Lipinski definition) is 2. The Bertz CT molecular complexity index is 460. The third-order valence-electron chi connectivity index (χ3n) is 3.07. The predicted molar refractivity (Wildman–Crippen MR) is 84.4 cm³/mol. The van der Waals surface area contributed by atoms with Crippen LogP contribution in [0.25, 0.3) is 0 Å². The molecule has 1 unspecified atom stereocenters. The lowest BCUT2D eigenvalue weighted by atomic mass is 10.1. The van der Waals surface area contributed by atoms with Crippen molar-refractivity contribution < 1.29 is 13.2 Å². The zero-order valence-electron chi connectivity index (χ0n) is 12.3. The van der Waals surface area contributed by atoms with Crippen molar-refractivity contribution in [3.05, 3.63) is 29.8 Å². The highest BCUT2D eigenvalue weighted by atomic mass is 32.1. The zero-order chi connectivity index (χ0) is 15.9. The lowest BCUT2D eigenvalue weighted by Crippen LogP contribution is -2.35. The molecule has 6 heteroatoms. The Morgan fingerprint density at radius 1 is 1.29 bits per heavy atom. The molecule has 0 aromatic heterocycles. The number of nitrogens with one attached hydrogen (secondary N) is 2. The van der Waals surface area contributed by atoms with E-state index in [0.717, 1.165) is 31.4 Å². The van der Waals surface area contributed by atoms with E-state index in [-0.39, 0.29) is 6.04 Å². The van der Waals surface area contributed by atoms with Crippen molar-refractivity contribution in [2.24, 2.45) is 0 Å². The first kappa shape index (κ1) is 17.8. The number of halogens is 3. The Morgan fingerprint density at radius 2 is 2.00 bits per heavy atom. The summed E-state index contributed by atoms with van der Waals surface area (Å²) in [6.07, 6.45) is 0.0642. The van der Waals surface area contributed by atoms with Gasteiger partial charge in [0.25, 0.3) is 0 Å². The van der Waals surface area contributed by atoms with Crippen molar-refractivity contribution in [1.29, 1.82) is 0 Å². The van der Waals surface area contributed by atoms with Crippen LogP contribution in [0, 0.1) is 0 Å². The van der Waals surface area contributed by atoms with Crippen LogP contribution in [-0.4, -0.2) is 11.2 Å². The van der Waals surface area contributed by atoms with Crippen molar-refractivity contribution >= 4 is 23.0 Å². The van der Waals surface area contributed by atoms with Crippen LogP contribution < -0.4 is 10.6 Å². The Labute approximate surface area is 129 Å². The number of rotatable bonds is 6. The molecule has 1 atom stereocenters. The predicted octanol–water partition coefficient (Wildman–Crippen LogP) is 4.96. The van der Waals surface area contributed by atoms with Gasteiger partial charge in [0.15, 0.2) is 5.11 Å². The minimum absolute atomic E-state index is 0.197. The van der Waals surface area contributed by atoms with E-state index in [1.165, 1.54) is 12.5 Å². The van der Waals surface area contributed by atoms with E-state index >= 15 is 0 Å². The quantitative estimate of drug-likeness (QED) is 0.572. The standard InChI is InChI=1S/C15H21F3N2S/c1-3-4-5-7-11(2)19-14(21)20-13-9-6-8-12(10-13)15(16,17)18/h6,8-11H,3-5,7H2,1-2H3,(H2,19,20,21). The number of unbranched alkanes of at least 4 members (excludes halogenated alkanes) is 2. The summed E-state index contributed by atoms with van der Waals surface area (Å²) in [4.78, 5) is 0. The third kappa shape index (κ3) is 6.80. The molecule has 0 spiro atoms. The highest BCUT2D eigenvalue weighted by Crippen LogP contribution is 2.30. The van der Waals surface area contributed by atoms with Gasteiger partial charge < -0.3 is 10.6 Å². The van der Waals surface area contributed by atoms with E-state index in [4.69, 9.17) is 12.2 Å². The average molecular weight is 318 g/mol. The van der Waals surface area contributed by atoms with Gasteiger partial charge in [0, 0.05) is 11.7 Å². The summed E-state index contributed by atoms with van der Waals surface area (Å²) in [7, 11) is 0. The van der Waals surface area contributed by atoms with Gasteiger partial charge in [0.2, 0.25) is 0 Å². The highest BCUT2D eigenvalue weighted by Gasteiger charge is 2.30. The van der Waals surface area contributed by atoms with Crippen molar-refractivity contribution in [2.75, 3.05) is 5.32 Å². The van der Waals surface area contributed by atoms with E-state index in [0.29, 0.717) is 10.8 Å². The molecule has 1 rings (SSSR count). The maximum atomic E-state index is 12.6. The highest BCUT2D eigenvalue weighted by molar-refractivity contribution is 7.80. The first-order valence-corrected chi connectivity index (χ1v) is 7.48. The maximum absolute atomic E-state index is 12.6. The molecule has 0 radical (unpaired) electrons. The number of hydrogen-bond acceptors (Lipinski definition) is 1. The van der Waals surface area contributed by atoms with Gasteiger partial charge in [-0.2, -0.15) is 13.2 Å². The number of anilines is 1. The molecule has 2 N–H and O–H groups in total. The smallest absolute Gasteiger partial charge is 0.360 e. The molecule has 0 aliphatic carbocycles. The summed E-state index contributed by atoms with van der Waals surface area (Å²) in [5, 5.41) is 6.23. The van der Waals surface area contributed by atoms with Crippen molar-refractivity contribution in [3.63, 3.8) is 0 Å². The molecule has 0 saturated heterocycles. The summed E-state index contributed by atoms with van der Waals surface area (Å²) in [5.74, 6) is 0. The van der Waals surface area contributed by atoms with Gasteiger partial charge >= 0.3 is 6.18 Å². The molecule has 0 bridgehead atoms. The maximum Gasteiger partial charge on any atom is 0.416 e. The molecule has 0 heterocycles. The van der Waals surface area contributed by atoms with Crippen molar-refractivity contribution in [2.45, 2.75) is 51.7 Å². The van der Waals surface area contributed by atoms with Crippen LogP contribution in [0.3, 0.4) is 0 Å². The largest absolute Gasteiger partial charge is 0.416 e. The second-order valence-electron chi connectivity index (χ2n) is 5.07. The summed E-state index contributed by atoms with van der Waals surface area (Å²) in [6.45, 7) is 4.15. The van der Waals surface area contributed by atoms with Crippen LogP contribution in [0.1, 0.15) is 45.1 Å². The van der Waals surface area contributed by atoms with E-state index in [1.54, 1.807) is 6.07 Å². The fourth-order valence-corrected chi connectivity index (χ4v) is 2.26. The second kappa shape index (κ2) is 8.22. The van der Waals surface area contributed by atoms with Gasteiger partial charge in [-0.1, -0.05) is 32.3 Å². The topological polar surface area (TPSA) is 24.1 Å². The molecule has 0 aliphatic rings. The fraction of sp³-hybridized carbons (Fsp3) is 0.533. The Morgan fingerprint density at radius 3 is 2.62 bits per heavy atom. The molecule has 118 valence electrons. The van der Waals surface area contributed by atoms with Gasteiger partial charge in [0.05, 0.1) is 5.56 Å². The molecule has 0 aliphatic heterocycles. The average Bonchev–Trinajstić information content (AvgIpc) is 2.38. The molecule has 0 amide bonds. The Kier molecular flexibility index (Phi) is 6.95. The molecule has 0 fully saturated rings. The number of benzene rings is 1. The summed E-state index contributed by atoms with van der Waals surface area (Å²) in [5.41, 5.74) is -0.352. The van der Waals surface area contributed by atoms with Gasteiger partial charge in [-0.25, -0.2) is 0 Å². The van der Waals surface area contributed by atoms with Gasteiger partial charge in [-0.05, 0) is 43.8 Å². The Balaban J connectivity index is 2.51. The molecule has 0 saturated carbocycles. The number of alkyl halides is 3.